The highest BCUT2D eigenvalue weighted by atomic mass is 32.2. The molecule has 0 bridgehead atoms. The Balaban J connectivity index is 1.69. The molecule has 0 atom stereocenters. The molecule has 3 rings (SSSR count). The molecule has 3 aromatic rings. The molecule has 1 N–H and O–H groups in total. The second-order valence-corrected chi connectivity index (χ2v) is 8.42. The minimum atomic E-state index is -0.273. The van der Waals surface area contributed by atoms with Gasteiger partial charge in [-0.2, -0.15) is 5.26 Å². The van der Waals surface area contributed by atoms with Crippen LogP contribution in [0.1, 0.15) is 29.8 Å². The van der Waals surface area contributed by atoms with Crippen LogP contribution in [0.2, 0.25) is 0 Å². The number of amides is 2. The molecule has 2 amide bonds. The first-order valence-corrected chi connectivity index (χ1v) is 11.0. The second-order valence-electron chi connectivity index (χ2n) is 6.16. The van der Waals surface area contributed by atoms with Gasteiger partial charge < -0.3 is 10.2 Å². The van der Waals surface area contributed by atoms with Gasteiger partial charge in [0.25, 0.3) is 5.91 Å². The molecule has 0 aliphatic rings. The van der Waals surface area contributed by atoms with Crippen molar-refractivity contribution in [2.24, 2.45) is 0 Å². The van der Waals surface area contributed by atoms with E-state index in [1.54, 1.807) is 35.2 Å². The number of fused-ring (bicyclic) bond motifs is 1. The average molecular weight is 425 g/mol. The van der Waals surface area contributed by atoms with Crippen molar-refractivity contribution in [1.82, 2.24) is 9.88 Å². The molecular formula is C21H20N4O2S2. The molecule has 1 aromatic heterocycles. The van der Waals surface area contributed by atoms with Crippen molar-refractivity contribution >= 4 is 50.8 Å². The first-order valence-electron chi connectivity index (χ1n) is 9.16. The van der Waals surface area contributed by atoms with Crippen LogP contribution >= 0.6 is 23.1 Å². The van der Waals surface area contributed by atoms with Gasteiger partial charge in [0.2, 0.25) is 5.91 Å². The normalized spacial score (nSPS) is 10.5. The van der Waals surface area contributed by atoms with E-state index < -0.39 is 0 Å². The SMILES string of the molecule is CCN(CC)C(=O)CSc1nc2ccc(NC(=O)c3cccc(C#N)c3)cc2s1. The lowest BCUT2D eigenvalue weighted by Crippen LogP contribution is -2.31. The molecule has 148 valence electrons. The number of aromatic nitrogens is 1. The molecule has 0 unspecified atom stereocenters. The first kappa shape index (κ1) is 20.8. The van der Waals surface area contributed by atoms with Gasteiger partial charge in [0, 0.05) is 24.3 Å². The third kappa shape index (κ3) is 5.13. The molecule has 2 aromatic carbocycles. The van der Waals surface area contributed by atoms with Crippen LogP contribution in [0.4, 0.5) is 5.69 Å². The molecule has 0 radical (unpaired) electrons. The Morgan fingerprint density at radius 2 is 2.00 bits per heavy atom. The monoisotopic (exact) mass is 424 g/mol. The van der Waals surface area contributed by atoms with Gasteiger partial charge in [-0.15, -0.1) is 11.3 Å². The summed E-state index contributed by atoms with van der Waals surface area (Å²) in [5, 5.41) is 11.8. The van der Waals surface area contributed by atoms with Crippen molar-refractivity contribution in [1.29, 1.82) is 5.26 Å². The van der Waals surface area contributed by atoms with Crippen LogP contribution in [-0.2, 0) is 4.79 Å². The summed E-state index contributed by atoms with van der Waals surface area (Å²) in [6.07, 6.45) is 0. The maximum Gasteiger partial charge on any atom is 0.255 e. The van der Waals surface area contributed by atoms with Crippen LogP contribution in [0.25, 0.3) is 10.2 Å². The molecule has 8 heteroatoms. The van der Waals surface area contributed by atoms with Crippen LogP contribution in [0.3, 0.4) is 0 Å². The first-order chi connectivity index (χ1) is 14.0. The molecule has 0 spiro atoms. The molecule has 0 aliphatic carbocycles. The van der Waals surface area contributed by atoms with Gasteiger partial charge in [-0.25, -0.2) is 4.98 Å². The van der Waals surface area contributed by atoms with Gasteiger partial charge in [0.05, 0.1) is 27.6 Å². The van der Waals surface area contributed by atoms with E-state index in [1.165, 1.54) is 23.1 Å². The Hall–Kier alpha value is -2.89. The van der Waals surface area contributed by atoms with E-state index in [4.69, 9.17) is 5.26 Å². The molecule has 6 nitrogen and oxygen atoms in total. The second kappa shape index (κ2) is 9.54. The summed E-state index contributed by atoms with van der Waals surface area (Å²) in [6, 6.07) is 14.1. The third-order valence-corrected chi connectivity index (χ3v) is 6.46. The summed E-state index contributed by atoms with van der Waals surface area (Å²) in [7, 11) is 0. The standard InChI is InChI=1S/C21H20N4O2S2/c1-3-25(4-2)19(26)13-28-21-24-17-9-8-16(11-18(17)29-21)23-20(27)15-7-5-6-14(10-15)12-22/h5-11H,3-4,13H2,1-2H3,(H,23,27). The van der Waals surface area contributed by atoms with Crippen molar-refractivity contribution in [3.05, 3.63) is 53.6 Å². The molecule has 1 heterocycles. The highest BCUT2D eigenvalue weighted by Gasteiger charge is 2.13. The zero-order valence-corrected chi connectivity index (χ0v) is 17.8. The molecule has 0 saturated heterocycles. The molecule has 29 heavy (non-hydrogen) atoms. The topological polar surface area (TPSA) is 86.1 Å². The van der Waals surface area contributed by atoms with Gasteiger partial charge >= 0.3 is 0 Å². The lowest BCUT2D eigenvalue weighted by atomic mass is 10.1. The van der Waals surface area contributed by atoms with E-state index >= 15 is 0 Å². The highest BCUT2D eigenvalue weighted by molar-refractivity contribution is 8.01. The molecule has 0 aliphatic heterocycles. The maximum atomic E-state index is 12.4. The smallest absolute Gasteiger partial charge is 0.255 e. The summed E-state index contributed by atoms with van der Waals surface area (Å²) in [4.78, 5) is 31.0. The third-order valence-electron chi connectivity index (χ3n) is 4.32. The number of benzene rings is 2. The summed E-state index contributed by atoms with van der Waals surface area (Å²) >= 11 is 2.93. The fraction of sp³-hybridized carbons (Fsp3) is 0.238. The average Bonchev–Trinajstić information content (AvgIpc) is 3.15. The number of carbonyl (C=O) groups excluding carboxylic acids is 2. The fourth-order valence-electron chi connectivity index (χ4n) is 2.77. The molecular weight excluding hydrogens is 404 g/mol. The Morgan fingerprint density at radius 1 is 1.21 bits per heavy atom. The highest BCUT2D eigenvalue weighted by Crippen LogP contribution is 2.31. The minimum absolute atomic E-state index is 0.104. The summed E-state index contributed by atoms with van der Waals surface area (Å²) in [5.74, 6) is 0.192. The Labute approximate surface area is 177 Å². The zero-order valence-electron chi connectivity index (χ0n) is 16.1. The zero-order chi connectivity index (χ0) is 20.8. The lowest BCUT2D eigenvalue weighted by molar-refractivity contribution is -0.127. The number of thioether (sulfide) groups is 1. The van der Waals surface area contributed by atoms with Gasteiger partial charge in [0.1, 0.15) is 0 Å². The maximum absolute atomic E-state index is 12.4. The number of rotatable bonds is 7. The molecule has 0 fully saturated rings. The predicted molar refractivity (Wildman–Crippen MR) is 117 cm³/mol. The van der Waals surface area contributed by atoms with Crippen molar-refractivity contribution in [3.63, 3.8) is 0 Å². The van der Waals surface area contributed by atoms with Crippen molar-refractivity contribution in [2.45, 2.75) is 18.2 Å². The number of hydrogen-bond acceptors (Lipinski definition) is 6. The van der Waals surface area contributed by atoms with Gasteiger partial charge in [0.15, 0.2) is 4.34 Å². The van der Waals surface area contributed by atoms with E-state index in [9.17, 15) is 9.59 Å². The number of nitrogens with zero attached hydrogens (tertiary/aromatic N) is 3. The van der Waals surface area contributed by atoms with E-state index in [1.807, 2.05) is 32.0 Å². The fourth-order valence-corrected chi connectivity index (χ4v) is 4.78. The van der Waals surface area contributed by atoms with E-state index in [2.05, 4.69) is 10.3 Å². The Bertz CT molecular complexity index is 1080. The number of carbonyl (C=O) groups is 2. The van der Waals surface area contributed by atoms with Crippen LogP contribution in [0.5, 0.6) is 0 Å². The predicted octanol–water partition coefficient (Wildman–Crippen LogP) is 4.38. The van der Waals surface area contributed by atoms with Crippen molar-refractivity contribution < 1.29 is 9.59 Å². The van der Waals surface area contributed by atoms with Gasteiger partial charge in [-0.05, 0) is 50.2 Å². The van der Waals surface area contributed by atoms with Crippen molar-refractivity contribution in [2.75, 3.05) is 24.2 Å². The van der Waals surface area contributed by atoms with Crippen LogP contribution < -0.4 is 5.32 Å². The summed E-state index contributed by atoms with van der Waals surface area (Å²) in [5.41, 5.74) is 2.36. The van der Waals surface area contributed by atoms with E-state index in [0.29, 0.717) is 35.7 Å². The summed E-state index contributed by atoms with van der Waals surface area (Å²) < 4.78 is 1.76. The Kier molecular flexibility index (Phi) is 6.86. The van der Waals surface area contributed by atoms with Crippen LogP contribution in [0, 0.1) is 11.3 Å². The van der Waals surface area contributed by atoms with E-state index in [0.717, 1.165) is 14.6 Å². The Morgan fingerprint density at radius 3 is 2.72 bits per heavy atom. The minimum Gasteiger partial charge on any atom is -0.343 e. The number of hydrogen-bond donors (Lipinski definition) is 1. The quantitative estimate of drug-likeness (QED) is 0.569. The number of anilines is 1. The van der Waals surface area contributed by atoms with Gasteiger partial charge in [-0.1, -0.05) is 17.8 Å². The molecule has 0 saturated carbocycles. The number of nitriles is 1. The number of thiazole rings is 1. The number of nitrogens with one attached hydrogen (secondary N) is 1. The van der Waals surface area contributed by atoms with Gasteiger partial charge in [-0.3, -0.25) is 9.59 Å². The van der Waals surface area contributed by atoms with Crippen LogP contribution in [0.15, 0.2) is 46.8 Å². The van der Waals surface area contributed by atoms with E-state index in [-0.39, 0.29) is 11.8 Å². The summed E-state index contributed by atoms with van der Waals surface area (Å²) in [6.45, 7) is 5.35. The van der Waals surface area contributed by atoms with Crippen molar-refractivity contribution in [3.8, 4) is 6.07 Å². The largest absolute Gasteiger partial charge is 0.343 e. The lowest BCUT2D eigenvalue weighted by Gasteiger charge is -2.17. The van der Waals surface area contributed by atoms with Crippen LogP contribution in [-0.4, -0.2) is 40.5 Å².